The van der Waals surface area contributed by atoms with Crippen molar-refractivity contribution < 1.29 is 17.9 Å². The van der Waals surface area contributed by atoms with Crippen molar-refractivity contribution in [3.63, 3.8) is 0 Å². The first kappa shape index (κ1) is 14.9. The quantitative estimate of drug-likeness (QED) is 0.833. The number of β-amino-alcohol motifs (C(OH)–C–C–N with tert-alkyl or cyclic N) is 1. The van der Waals surface area contributed by atoms with Gasteiger partial charge in [-0.15, -0.1) is 0 Å². The Morgan fingerprint density at radius 1 is 1.47 bits per heavy atom. The molecule has 0 saturated carbocycles. The maximum absolute atomic E-state index is 13.0. The van der Waals surface area contributed by atoms with Crippen LogP contribution in [0.25, 0.3) is 0 Å². The topological polar surface area (TPSA) is 69.6 Å². The van der Waals surface area contributed by atoms with Crippen molar-refractivity contribution in [2.75, 3.05) is 20.1 Å². The SMILES string of the molecule is CN([C@@H]1CNC[C@H]1O)S(=O)(=O)c1ccc(F)cc1Br. The molecule has 0 unspecified atom stereocenters. The fourth-order valence-electron chi connectivity index (χ4n) is 2.04. The van der Waals surface area contributed by atoms with Crippen molar-refractivity contribution in [2.24, 2.45) is 0 Å². The minimum atomic E-state index is -3.78. The van der Waals surface area contributed by atoms with E-state index in [9.17, 15) is 17.9 Å². The maximum atomic E-state index is 13.0. The average molecular weight is 353 g/mol. The van der Waals surface area contributed by atoms with E-state index in [4.69, 9.17) is 0 Å². The van der Waals surface area contributed by atoms with Crippen LogP contribution in [0.2, 0.25) is 0 Å². The van der Waals surface area contributed by atoms with Gasteiger partial charge >= 0.3 is 0 Å². The third kappa shape index (κ3) is 2.82. The molecular formula is C11H14BrFN2O3S. The lowest BCUT2D eigenvalue weighted by Crippen LogP contribution is -2.44. The molecule has 2 atom stereocenters. The molecule has 0 amide bonds. The van der Waals surface area contributed by atoms with E-state index < -0.39 is 28.0 Å². The molecule has 0 bridgehead atoms. The van der Waals surface area contributed by atoms with Gasteiger partial charge in [-0.3, -0.25) is 0 Å². The summed E-state index contributed by atoms with van der Waals surface area (Å²) in [5.41, 5.74) is 0. The molecule has 2 N–H and O–H groups in total. The summed E-state index contributed by atoms with van der Waals surface area (Å²) in [6.07, 6.45) is -0.751. The lowest BCUT2D eigenvalue weighted by Gasteiger charge is -2.26. The summed E-state index contributed by atoms with van der Waals surface area (Å²) in [5.74, 6) is -0.518. The number of aliphatic hydroxyl groups excluding tert-OH is 1. The first-order valence-electron chi connectivity index (χ1n) is 5.66. The molecule has 0 aromatic heterocycles. The number of hydrogen-bond donors (Lipinski definition) is 2. The fourth-order valence-corrected chi connectivity index (χ4v) is 4.43. The summed E-state index contributed by atoms with van der Waals surface area (Å²) < 4.78 is 39.2. The Morgan fingerprint density at radius 2 is 2.16 bits per heavy atom. The van der Waals surface area contributed by atoms with Crippen LogP contribution in [0.1, 0.15) is 0 Å². The zero-order chi connectivity index (χ0) is 14.2. The van der Waals surface area contributed by atoms with E-state index in [-0.39, 0.29) is 9.37 Å². The molecule has 8 heteroatoms. The van der Waals surface area contributed by atoms with Crippen LogP contribution in [0.3, 0.4) is 0 Å². The smallest absolute Gasteiger partial charge is 0.244 e. The Balaban J connectivity index is 2.36. The van der Waals surface area contributed by atoms with E-state index in [1.165, 1.54) is 13.1 Å². The molecule has 2 rings (SSSR count). The molecule has 5 nitrogen and oxygen atoms in total. The van der Waals surface area contributed by atoms with Crippen molar-refractivity contribution in [3.05, 3.63) is 28.5 Å². The fraction of sp³-hybridized carbons (Fsp3) is 0.455. The van der Waals surface area contributed by atoms with Gasteiger partial charge in [-0.2, -0.15) is 4.31 Å². The van der Waals surface area contributed by atoms with Crippen LogP contribution in [0, 0.1) is 5.82 Å². The highest BCUT2D eigenvalue weighted by atomic mass is 79.9. The van der Waals surface area contributed by atoms with Gasteiger partial charge in [0.25, 0.3) is 0 Å². The van der Waals surface area contributed by atoms with E-state index in [1.807, 2.05) is 0 Å². The Bertz CT molecular complexity index is 581. The molecule has 1 aliphatic heterocycles. The molecule has 1 fully saturated rings. The molecule has 0 spiro atoms. The second-order valence-corrected chi connectivity index (χ2v) is 7.21. The van der Waals surface area contributed by atoms with Crippen LogP contribution < -0.4 is 5.32 Å². The molecule has 1 saturated heterocycles. The van der Waals surface area contributed by atoms with Crippen molar-refractivity contribution in [1.82, 2.24) is 9.62 Å². The number of nitrogens with one attached hydrogen (secondary N) is 1. The number of halogens is 2. The molecule has 1 heterocycles. The Hall–Kier alpha value is -0.540. The van der Waals surface area contributed by atoms with E-state index in [0.29, 0.717) is 13.1 Å². The Kier molecular flexibility index (Phi) is 4.26. The average Bonchev–Trinajstić information content (AvgIpc) is 2.73. The van der Waals surface area contributed by atoms with Crippen molar-refractivity contribution >= 4 is 26.0 Å². The van der Waals surface area contributed by atoms with Crippen molar-refractivity contribution in [2.45, 2.75) is 17.0 Å². The van der Waals surface area contributed by atoms with Crippen LogP contribution >= 0.6 is 15.9 Å². The third-order valence-electron chi connectivity index (χ3n) is 3.17. The molecule has 1 aromatic carbocycles. The van der Waals surface area contributed by atoms with Gasteiger partial charge in [0.05, 0.1) is 17.0 Å². The minimum absolute atomic E-state index is 0.0181. The van der Waals surface area contributed by atoms with Gasteiger partial charge in [0.15, 0.2) is 0 Å². The molecule has 0 radical (unpaired) electrons. The van der Waals surface area contributed by atoms with E-state index in [1.54, 1.807) is 0 Å². The Labute approximate surface area is 119 Å². The van der Waals surface area contributed by atoms with Gasteiger partial charge < -0.3 is 10.4 Å². The Morgan fingerprint density at radius 3 is 2.68 bits per heavy atom. The lowest BCUT2D eigenvalue weighted by molar-refractivity contribution is 0.136. The number of benzene rings is 1. The van der Waals surface area contributed by atoms with Crippen LogP contribution in [0.15, 0.2) is 27.6 Å². The van der Waals surface area contributed by atoms with Crippen molar-refractivity contribution in [1.29, 1.82) is 0 Å². The first-order chi connectivity index (χ1) is 8.84. The summed E-state index contributed by atoms with van der Waals surface area (Å²) in [4.78, 5) is -0.0181. The largest absolute Gasteiger partial charge is 0.390 e. The third-order valence-corrected chi connectivity index (χ3v) is 6.03. The second-order valence-electron chi connectivity index (χ2n) is 4.39. The number of rotatable bonds is 3. The van der Waals surface area contributed by atoms with Gasteiger partial charge in [-0.25, -0.2) is 12.8 Å². The molecule has 19 heavy (non-hydrogen) atoms. The summed E-state index contributed by atoms with van der Waals surface area (Å²) in [5, 5.41) is 12.7. The number of nitrogens with zero attached hydrogens (tertiary/aromatic N) is 1. The van der Waals surface area contributed by atoms with E-state index >= 15 is 0 Å². The van der Waals surface area contributed by atoms with Crippen LogP contribution in [0.4, 0.5) is 4.39 Å². The highest BCUT2D eigenvalue weighted by molar-refractivity contribution is 9.10. The van der Waals surface area contributed by atoms with Crippen molar-refractivity contribution in [3.8, 4) is 0 Å². The normalized spacial score (nSPS) is 24.1. The van der Waals surface area contributed by atoms with E-state index in [2.05, 4.69) is 21.2 Å². The maximum Gasteiger partial charge on any atom is 0.244 e. The summed E-state index contributed by atoms with van der Waals surface area (Å²) in [6.45, 7) is 0.741. The summed E-state index contributed by atoms with van der Waals surface area (Å²) in [7, 11) is -2.37. The van der Waals surface area contributed by atoms with E-state index in [0.717, 1.165) is 16.4 Å². The van der Waals surface area contributed by atoms with Crippen LogP contribution in [-0.4, -0.2) is 50.1 Å². The van der Waals surface area contributed by atoms with Crippen LogP contribution in [0.5, 0.6) is 0 Å². The molecule has 1 aliphatic rings. The van der Waals surface area contributed by atoms with Crippen LogP contribution in [-0.2, 0) is 10.0 Å². The predicted molar refractivity (Wildman–Crippen MR) is 71.7 cm³/mol. The number of sulfonamides is 1. The zero-order valence-electron chi connectivity index (χ0n) is 10.2. The first-order valence-corrected chi connectivity index (χ1v) is 7.89. The monoisotopic (exact) mass is 352 g/mol. The summed E-state index contributed by atoms with van der Waals surface area (Å²) >= 11 is 3.05. The lowest BCUT2D eigenvalue weighted by atomic mass is 10.2. The van der Waals surface area contributed by atoms with Gasteiger partial charge in [-0.05, 0) is 34.1 Å². The standard InChI is InChI=1S/C11H14BrFN2O3S/c1-15(9-5-14-6-10(9)16)19(17,18)11-3-2-7(13)4-8(11)12/h2-4,9-10,14,16H,5-6H2,1H3/t9-,10-/m1/s1. The molecule has 1 aromatic rings. The highest BCUT2D eigenvalue weighted by Gasteiger charge is 2.36. The zero-order valence-corrected chi connectivity index (χ0v) is 12.6. The number of hydrogen-bond acceptors (Lipinski definition) is 4. The van der Waals surface area contributed by atoms with Gasteiger partial charge in [0.2, 0.25) is 10.0 Å². The minimum Gasteiger partial charge on any atom is -0.390 e. The highest BCUT2D eigenvalue weighted by Crippen LogP contribution is 2.27. The van der Waals surface area contributed by atoms with Gasteiger partial charge in [0, 0.05) is 24.6 Å². The summed E-state index contributed by atoms with van der Waals surface area (Å²) in [6, 6.07) is 2.88. The van der Waals surface area contributed by atoms with Gasteiger partial charge in [-0.1, -0.05) is 0 Å². The predicted octanol–water partition coefficient (Wildman–Crippen LogP) is 0.541. The molecule has 106 valence electrons. The molecule has 0 aliphatic carbocycles. The second kappa shape index (κ2) is 5.45. The molecular weight excluding hydrogens is 339 g/mol. The van der Waals surface area contributed by atoms with Gasteiger partial charge in [0.1, 0.15) is 5.82 Å². The number of aliphatic hydroxyl groups is 1. The number of likely N-dealkylation sites (N-methyl/N-ethyl adjacent to an activating group) is 1.